The van der Waals surface area contributed by atoms with Crippen LogP contribution >= 0.6 is 22.9 Å². The molecule has 0 atom stereocenters. The molecule has 1 aromatic rings. The highest BCUT2D eigenvalue weighted by molar-refractivity contribution is 7.91. The van der Waals surface area contributed by atoms with E-state index in [-0.39, 0.29) is 8.68 Å². The zero-order valence-electron chi connectivity index (χ0n) is 10.2. The van der Waals surface area contributed by atoms with E-state index in [9.17, 15) is 13.5 Å². The van der Waals surface area contributed by atoms with Crippen LogP contribution < -0.4 is 0 Å². The lowest BCUT2D eigenvalue weighted by Crippen LogP contribution is -2.44. The van der Waals surface area contributed by atoms with E-state index in [0.717, 1.165) is 11.3 Å². The third-order valence-electron chi connectivity index (χ3n) is 3.10. The molecule has 0 aliphatic carbocycles. The van der Waals surface area contributed by atoms with Gasteiger partial charge in [0.1, 0.15) is 0 Å². The lowest BCUT2D eigenvalue weighted by atomic mass is 9.95. The van der Waals surface area contributed by atoms with Crippen LogP contribution in [-0.4, -0.2) is 41.5 Å². The van der Waals surface area contributed by atoms with E-state index in [0.29, 0.717) is 31.6 Å². The molecule has 0 spiro atoms. The smallest absolute Gasteiger partial charge is 0.254 e. The minimum atomic E-state index is -3.53. The number of nitrogens with zero attached hydrogens (tertiary/aromatic N) is 2. The second kappa shape index (κ2) is 4.72. The van der Waals surface area contributed by atoms with Crippen LogP contribution in [0.1, 0.15) is 25.5 Å². The molecule has 0 saturated carbocycles. The highest BCUT2D eigenvalue weighted by Gasteiger charge is 2.35. The van der Waals surface area contributed by atoms with E-state index in [4.69, 9.17) is 11.6 Å². The topological polar surface area (TPSA) is 70.5 Å². The van der Waals surface area contributed by atoms with Gasteiger partial charge in [0.25, 0.3) is 10.0 Å². The summed E-state index contributed by atoms with van der Waals surface area (Å²) < 4.78 is 26.6. The van der Waals surface area contributed by atoms with Gasteiger partial charge in [-0.05, 0) is 26.7 Å². The van der Waals surface area contributed by atoms with Gasteiger partial charge in [0.15, 0.2) is 8.68 Å². The highest BCUT2D eigenvalue weighted by Crippen LogP contribution is 2.32. The van der Waals surface area contributed by atoms with Crippen LogP contribution in [0.3, 0.4) is 0 Å². The molecule has 2 rings (SSSR count). The molecule has 1 fully saturated rings. The first-order valence-corrected chi connectivity index (χ1v) is 8.21. The molecule has 2 heterocycles. The molecule has 1 N–H and O–H groups in total. The summed E-state index contributed by atoms with van der Waals surface area (Å²) in [5.41, 5.74) is -0.339. The monoisotopic (exact) mass is 310 g/mol. The molecule has 1 aliphatic heterocycles. The number of sulfonamides is 1. The number of hydrogen-bond acceptors (Lipinski definition) is 5. The van der Waals surface area contributed by atoms with Crippen LogP contribution in [0.4, 0.5) is 0 Å². The Labute approximate surface area is 115 Å². The van der Waals surface area contributed by atoms with Gasteiger partial charge in [0.05, 0.1) is 11.3 Å². The normalized spacial score (nSPS) is 21.1. The van der Waals surface area contributed by atoms with Crippen molar-refractivity contribution in [1.82, 2.24) is 9.29 Å². The van der Waals surface area contributed by atoms with Gasteiger partial charge in [0, 0.05) is 13.1 Å². The van der Waals surface area contributed by atoms with Crippen molar-refractivity contribution < 1.29 is 13.5 Å². The molecule has 0 radical (unpaired) electrons. The van der Waals surface area contributed by atoms with E-state index in [2.05, 4.69) is 4.98 Å². The molecule has 0 bridgehead atoms. The van der Waals surface area contributed by atoms with Crippen molar-refractivity contribution in [2.24, 2.45) is 0 Å². The summed E-state index contributed by atoms with van der Waals surface area (Å²) in [4.78, 5) is 3.93. The Hall–Kier alpha value is -0.210. The minimum absolute atomic E-state index is 0.203. The number of rotatable bonds is 2. The molecule has 0 unspecified atom stereocenters. The second-order valence-electron chi connectivity index (χ2n) is 4.74. The third-order valence-corrected chi connectivity index (χ3v) is 6.85. The largest absolute Gasteiger partial charge is 0.390 e. The van der Waals surface area contributed by atoms with Gasteiger partial charge in [0.2, 0.25) is 0 Å². The number of hydrogen-bond donors (Lipinski definition) is 1. The minimum Gasteiger partial charge on any atom is -0.390 e. The lowest BCUT2D eigenvalue weighted by molar-refractivity contribution is 0.0126. The highest BCUT2D eigenvalue weighted by atomic mass is 35.5. The molecule has 0 amide bonds. The van der Waals surface area contributed by atoms with E-state index >= 15 is 0 Å². The number of aromatic nitrogens is 1. The Bertz CT molecular complexity index is 543. The fraction of sp³-hybridized carbons (Fsp3) is 0.700. The number of halogens is 1. The van der Waals surface area contributed by atoms with E-state index in [1.165, 1.54) is 4.31 Å². The van der Waals surface area contributed by atoms with Gasteiger partial charge in [-0.25, -0.2) is 13.4 Å². The predicted molar refractivity (Wildman–Crippen MR) is 70.5 cm³/mol. The van der Waals surface area contributed by atoms with E-state index < -0.39 is 15.6 Å². The Morgan fingerprint density at radius 1 is 1.44 bits per heavy atom. The van der Waals surface area contributed by atoms with Crippen molar-refractivity contribution in [2.75, 3.05) is 13.1 Å². The van der Waals surface area contributed by atoms with Gasteiger partial charge < -0.3 is 5.11 Å². The van der Waals surface area contributed by atoms with Crippen LogP contribution in [0.25, 0.3) is 0 Å². The summed E-state index contributed by atoms with van der Waals surface area (Å²) in [5.74, 6) is 0. The van der Waals surface area contributed by atoms with E-state index in [1.807, 2.05) is 0 Å². The first kappa shape index (κ1) is 14.2. The fourth-order valence-electron chi connectivity index (χ4n) is 1.92. The molecule has 102 valence electrons. The SMILES string of the molecule is Cc1nc(Cl)sc1S(=O)(=O)N1CCC(C)(O)CC1. The summed E-state index contributed by atoms with van der Waals surface area (Å²) in [7, 11) is -3.53. The summed E-state index contributed by atoms with van der Waals surface area (Å²) in [6.45, 7) is 4.01. The van der Waals surface area contributed by atoms with Crippen LogP contribution in [0.15, 0.2) is 4.21 Å². The zero-order chi connectivity index (χ0) is 13.6. The van der Waals surface area contributed by atoms with Crippen molar-refractivity contribution in [3.8, 4) is 0 Å². The average Bonchev–Trinajstić information content (AvgIpc) is 2.58. The second-order valence-corrected chi connectivity index (χ2v) is 8.46. The third kappa shape index (κ3) is 2.70. The van der Waals surface area contributed by atoms with Crippen LogP contribution in [-0.2, 0) is 10.0 Å². The van der Waals surface area contributed by atoms with Crippen molar-refractivity contribution >= 4 is 33.0 Å². The standard InChI is InChI=1S/C10H15ClN2O3S2/c1-7-8(17-9(11)12-7)18(15,16)13-5-3-10(2,14)4-6-13/h14H,3-6H2,1-2H3. The Morgan fingerprint density at radius 2 is 2.00 bits per heavy atom. The molecule has 1 aromatic heterocycles. The van der Waals surface area contributed by atoms with Crippen molar-refractivity contribution in [1.29, 1.82) is 0 Å². The van der Waals surface area contributed by atoms with Gasteiger partial charge in [-0.1, -0.05) is 22.9 Å². The van der Waals surface area contributed by atoms with Gasteiger partial charge >= 0.3 is 0 Å². The molecular weight excluding hydrogens is 296 g/mol. The van der Waals surface area contributed by atoms with Crippen molar-refractivity contribution in [3.05, 3.63) is 10.2 Å². The predicted octanol–water partition coefficient (Wildman–Crippen LogP) is 1.64. The summed E-state index contributed by atoms with van der Waals surface area (Å²) in [5, 5.41) is 9.83. The molecule has 8 heteroatoms. The molecule has 0 aromatic carbocycles. The van der Waals surface area contributed by atoms with Crippen LogP contribution in [0.2, 0.25) is 4.47 Å². The van der Waals surface area contributed by atoms with E-state index in [1.54, 1.807) is 13.8 Å². The molecule has 5 nitrogen and oxygen atoms in total. The maximum absolute atomic E-state index is 12.4. The number of aryl methyl sites for hydroxylation is 1. The fourth-order valence-corrected chi connectivity index (χ4v) is 5.23. The summed E-state index contributed by atoms with van der Waals surface area (Å²) in [6.07, 6.45) is 0.885. The van der Waals surface area contributed by atoms with Gasteiger partial charge in [-0.3, -0.25) is 0 Å². The first-order chi connectivity index (χ1) is 8.22. The molecule has 1 aliphatic rings. The Balaban J connectivity index is 2.25. The lowest BCUT2D eigenvalue weighted by Gasteiger charge is -2.34. The van der Waals surface area contributed by atoms with Gasteiger partial charge in [-0.2, -0.15) is 4.31 Å². The maximum atomic E-state index is 12.4. The van der Waals surface area contributed by atoms with Gasteiger partial charge in [-0.15, -0.1) is 0 Å². The average molecular weight is 311 g/mol. The Kier molecular flexibility index (Phi) is 3.72. The molecule has 1 saturated heterocycles. The number of piperidine rings is 1. The van der Waals surface area contributed by atoms with Crippen LogP contribution in [0.5, 0.6) is 0 Å². The number of aliphatic hydroxyl groups is 1. The number of thiazole rings is 1. The van der Waals surface area contributed by atoms with Crippen molar-refractivity contribution in [2.45, 2.75) is 36.5 Å². The molecular formula is C10H15ClN2O3S2. The quantitative estimate of drug-likeness (QED) is 0.901. The van der Waals surface area contributed by atoms with Crippen LogP contribution in [0, 0.1) is 6.92 Å². The summed E-state index contributed by atoms with van der Waals surface area (Å²) in [6, 6.07) is 0. The zero-order valence-corrected chi connectivity index (χ0v) is 12.6. The maximum Gasteiger partial charge on any atom is 0.254 e. The Morgan fingerprint density at radius 3 is 2.44 bits per heavy atom. The summed E-state index contributed by atoms with van der Waals surface area (Å²) >= 11 is 6.72. The molecule has 18 heavy (non-hydrogen) atoms. The van der Waals surface area contributed by atoms with Crippen molar-refractivity contribution in [3.63, 3.8) is 0 Å². The first-order valence-electron chi connectivity index (χ1n) is 5.58.